The number of thiophene rings is 1. The normalized spacial score (nSPS) is 12.9. The first-order valence-corrected chi connectivity index (χ1v) is 9.60. The minimum absolute atomic E-state index is 0.0802. The largest absolute Gasteiger partial charge is 0.387 e. The van der Waals surface area contributed by atoms with Crippen LogP contribution in [-0.4, -0.2) is 25.1 Å². The van der Waals surface area contributed by atoms with Crippen molar-refractivity contribution in [2.24, 2.45) is 0 Å². The molecule has 7 heteroatoms. The van der Waals surface area contributed by atoms with Gasteiger partial charge < -0.3 is 5.11 Å². The Bertz CT molecular complexity index is 894. The van der Waals surface area contributed by atoms with Gasteiger partial charge in [0.15, 0.2) is 0 Å². The van der Waals surface area contributed by atoms with Crippen LogP contribution in [0.3, 0.4) is 0 Å². The van der Waals surface area contributed by atoms with Crippen LogP contribution in [0.15, 0.2) is 71.1 Å². The molecule has 2 heterocycles. The molecule has 0 aliphatic carbocycles. The molecule has 1 atom stereocenters. The molecule has 2 N–H and O–H groups in total. The van der Waals surface area contributed by atoms with Crippen LogP contribution in [0.25, 0.3) is 10.6 Å². The van der Waals surface area contributed by atoms with Crippen molar-refractivity contribution in [1.29, 1.82) is 0 Å². The highest BCUT2D eigenvalue weighted by molar-refractivity contribution is 7.91. The van der Waals surface area contributed by atoms with Crippen molar-refractivity contribution in [2.75, 3.05) is 6.54 Å². The predicted molar refractivity (Wildman–Crippen MR) is 94.1 cm³/mol. The van der Waals surface area contributed by atoms with Crippen molar-refractivity contribution in [1.82, 2.24) is 9.71 Å². The first kappa shape index (κ1) is 16.8. The number of pyridine rings is 1. The number of hydrogen-bond donors (Lipinski definition) is 2. The number of aliphatic hydroxyl groups excluding tert-OH is 1. The maximum atomic E-state index is 12.4. The van der Waals surface area contributed by atoms with Gasteiger partial charge in [-0.2, -0.15) is 0 Å². The third-order valence-corrected chi connectivity index (χ3v) is 6.44. The van der Waals surface area contributed by atoms with Crippen LogP contribution in [0.1, 0.15) is 11.7 Å². The molecule has 0 bridgehead atoms. The lowest BCUT2D eigenvalue weighted by atomic mass is 10.1. The van der Waals surface area contributed by atoms with Gasteiger partial charge in [0, 0.05) is 12.7 Å². The summed E-state index contributed by atoms with van der Waals surface area (Å²) in [4.78, 5) is 4.99. The van der Waals surface area contributed by atoms with E-state index in [0.29, 0.717) is 5.56 Å². The zero-order valence-corrected chi connectivity index (χ0v) is 14.3. The van der Waals surface area contributed by atoms with Gasteiger partial charge in [0.2, 0.25) is 10.0 Å². The number of nitrogens with zero attached hydrogens (tertiary/aromatic N) is 1. The Kier molecular flexibility index (Phi) is 5.06. The molecule has 0 saturated carbocycles. The summed E-state index contributed by atoms with van der Waals surface area (Å²) in [6.07, 6.45) is 0.772. The lowest BCUT2D eigenvalue weighted by Crippen LogP contribution is -2.27. The van der Waals surface area contributed by atoms with Crippen LogP contribution < -0.4 is 4.72 Å². The summed E-state index contributed by atoms with van der Waals surface area (Å²) < 4.78 is 27.4. The molecule has 0 unspecified atom stereocenters. The van der Waals surface area contributed by atoms with Crippen LogP contribution in [0, 0.1) is 0 Å². The molecule has 0 aliphatic heterocycles. The molecule has 5 nitrogen and oxygen atoms in total. The van der Waals surface area contributed by atoms with Gasteiger partial charge in [0.25, 0.3) is 0 Å². The molecule has 3 aromatic rings. The zero-order valence-electron chi connectivity index (χ0n) is 12.7. The first-order valence-electron chi connectivity index (χ1n) is 7.30. The van der Waals surface area contributed by atoms with E-state index >= 15 is 0 Å². The van der Waals surface area contributed by atoms with E-state index in [9.17, 15) is 13.5 Å². The van der Waals surface area contributed by atoms with E-state index in [-0.39, 0.29) is 10.8 Å². The highest BCUT2D eigenvalue weighted by Crippen LogP contribution is 2.29. The third-order valence-electron chi connectivity index (χ3n) is 3.41. The number of hydrogen-bond acceptors (Lipinski definition) is 5. The fourth-order valence-electron chi connectivity index (χ4n) is 2.16. The van der Waals surface area contributed by atoms with Gasteiger partial charge in [-0.15, -0.1) is 11.3 Å². The monoisotopic (exact) mass is 360 g/mol. The van der Waals surface area contributed by atoms with Crippen LogP contribution >= 0.6 is 11.3 Å². The highest BCUT2D eigenvalue weighted by Gasteiger charge is 2.19. The first-order chi connectivity index (χ1) is 11.6. The minimum Gasteiger partial charge on any atom is -0.387 e. The Hall–Kier alpha value is -2.06. The Morgan fingerprint density at radius 2 is 1.79 bits per heavy atom. The summed E-state index contributed by atoms with van der Waals surface area (Å²) in [5.74, 6) is 0. The van der Waals surface area contributed by atoms with Crippen LogP contribution in [-0.2, 0) is 10.0 Å². The highest BCUT2D eigenvalue weighted by atomic mass is 32.2. The van der Waals surface area contributed by atoms with Crippen LogP contribution in [0.2, 0.25) is 0 Å². The topological polar surface area (TPSA) is 79.3 Å². The lowest BCUT2D eigenvalue weighted by Gasteiger charge is -2.11. The molecule has 0 radical (unpaired) electrons. The van der Waals surface area contributed by atoms with Crippen molar-refractivity contribution in [3.63, 3.8) is 0 Å². The molecule has 0 saturated heterocycles. The Balaban J connectivity index is 1.71. The SMILES string of the molecule is O=S(=O)(NC[C@@H](O)c1ccccc1)c1ccc(-c2ccccn2)s1. The molecular weight excluding hydrogens is 344 g/mol. The number of benzene rings is 1. The van der Waals surface area contributed by atoms with Crippen molar-refractivity contribution >= 4 is 21.4 Å². The minimum atomic E-state index is -3.67. The molecule has 2 aromatic heterocycles. The molecule has 0 fully saturated rings. The van der Waals surface area contributed by atoms with Crippen molar-refractivity contribution in [3.8, 4) is 10.6 Å². The van der Waals surface area contributed by atoms with Crippen molar-refractivity contribution < 1.29 is 13.5 Å². The quantitative estimate of drug-likeness (QED) is 0.708. The molecule has 0 amide bonds. The lowest BCUT2D eigenvalue weighted by molar-refractivity contribution is 0.182. The fraction of sp³-hybridized carbons (Fsp3) is 0.118. The summed E-state index contributed by atoms with van der Waals surface area (Å²) in [6.45, 7) is -0.0802. The molecule has 124 valence electrons. The Labute approximate surface area is 144 Å². The number of rotatable bonds is 6. The summed E-state index contributed by atoms with van der Waals surface area (Å²) in [6, 6.07) is 17.7. The maximum absolute atomic E-state index is 12.4. The van der Waals surface area contributed by atoms with E-state index in [0.717, 1.165) is 21.9 Å². The molecule has 1 aromatic carbocycles. The van der Waals surface area contributed by atoms with E-state index in [4.69, 9.17) is 0 Å². The Morgan fingerprint density at radius 1 is 1.04 bits per heavy atom. The van der Waals surface area contributed by atoms with E-state index in [1.54, 1.807) is 48.7 Å². The second-order valence-electron chi connectivity index (χ2n) is 5.11. The van der Waals surface area contributed by atoms with Crippen molar-refractivity contribution in [2.45, 2.75) is 10.3 Å². The summed E-state index contributed by atoms with van der Waals surface area (Å²) in [7, 11) is -3.67. The Morgan fingerprint density at radius 3 is 2.50 bits per heavy atom. The van der Waals surface area contributed by atoms with Gasteiger partial charge in [-0.05, 0) is 29.8 Å². The van der Waals surface area contributed by atoms with Crippen LogP contribution in [0.4, 0.5) is 0 Å². The summed E-state index contributed by atoms with van der Waals surface area (Å²) >= 11 is 1.15. The molecule has 0 aliphatic rings. The molecule has 3 rings (SSSR count). The number of nitrogens with one attached hydrogen (secondary N) is 1. The maximum Gasteiger partial charge on any atom is 0.250 e. The van der Waals surface area contributed by atoms with E-state index < -0.39 is 16.1 Å². The van der Waals surface area contributed by atoms with E-state index in [2.05, 4.69) is 9.71 Å². The average molecular weight is 360 g/mol. The number of aromatic nitrogens is 1. The van der Waals surface area contributed by atoms with Gasteiger partial charge in [-0.25, -0.2) is 13.1 Å². The van der Waals surface area contributed by atoms with Crippen LogP contribution in [0.5, 0.6) is 0 Å². The average Bonchev–Trinajstić information content (AvgIpc) is 3.12. The third kappa shape index (κ3) is 3.88. The standard InChI is InChI=1S/C17H16N2O3S2/c20-15(13-6-2-1-3-7-13)12-19-24(21,22)17-10-9-16(23-17)14-8-4-5-11-18-14/h1-11,15,19-20H,12H2/t15-/m1/s1. The van der Waals surface area contributed by atoms with Crippen molar-refractivity contribution in [3.05, 3.63) is 72.4 Å². The van der Waals surface area contributed by atoms with Gasteiger partial charge >= 0.3 is 0 Å². The fourth-order valence-corrected chi connectivity index (χ4v) is 4.53. The molecule has 0 spiro atoms. The van der Waals surface area contributed by atoms with E-state index in [1.165, 1.54) is 0 Å². The van der Waals surface area contributed by atoms with Gasteiger partial charge in [-0.3, -0.25) is 4.98 Å². The molecular formula is C17H16N2O3S2. The molecule has 24 heavy (non-hydrogen) atoms. The second-order valence-corrected chi connectivity index (χ2v) is 8.19. The van der Waals surface area contributed by atoms with Gasteiger partial charge in [-0.1, -0.05) is 36.4 Å². The summed E-state index contributed by atoms with van der Waals surface area (Å²) in [5.41, 5.74) is 1.40. The number of aliphatic hydroxyl groups is 1. The predicted octanol–water partition coefficient (Wildman–Crippen LogP) is 2.82. The second kappa shape index (κ2) is 7.23. The van der Waals surface area contributed by atoms with E-state index in [1.807, 2.05) is 18.2 Å². The van der Waals surface area contributed by atoms with Gasteiger partial charge in [0.05, 0.1) is 16.7 Å². The zero-order chi connectivity index (χ0) is 17.0. The smallest absolute Gasteiger partial charge is 0.250 e. The van der Waals surface area contributed by atoms with Gasteiger partial charge in [0.1, 0.15) is 4.21 Å². The summed E-state index contributed by atoms with van der Waals surface area (Å²) in [5, 5.41) is 10.1. The number of sulfonamides is 1.